The van der Waals surface area contributed by atoms with Gasteiger partial charge in [0.1, 0.15) is 10.9 Å². The highest BCUT2D eigenvalue weighted by molar-refractivity contribution is 8.26. The Morgan fingerprint density at radius 2 is 2.35 bits per heavy atom. The molecule has 2 heterocycles. The number of thiophene rings is 1. The van der Waals surface area contributed by atoms with E-state index in [0.29, 0.717) is 15.8 Å². The van der Waals surface area contributed by atoms with Crippen molar-refractivity contribution in [3.63, 3.8) is 0 Å². The molecule has 1 N–H and O–H groups in total. The van der Waals surface area contributed by atoms with Gasteiger partial charge in [0, 0.05) is 11.4 Å². The number of carbonyl (C=O) groups is 2. The molecule has 1 saturated heterocycles. The van der Waals surface area contributed by atoms with Crippen molar-refractivity contribution in [2.75, 3.05) is 13.1 Å². The maximum atomic E-state index is 12.2. The zero-order chi connectivity index (χ0) is 14.5. The third-order valence-electron chi connectivity index (χ3n) is 2.56. The van der Waals surface area contributed by atoms with Gasteiger partial charge in [-0.1, -0.05) is 37.0 Å². The first-order valence-electron chi connectivity index (χ1n) is 6.17. The zero-order valence-corrected chi connectivity index (χ0v) is 13.4. The number of nitrogens with one attached hydrogen (secondary N) is 1. The summed E-state index contributed by atoms with van der Waals surface area (Å²) >= 11 is 7.97. The Bertz CT molecular complexity index is 552. The molecule has 106 valence electrons. The second kappa shape index (κ2) is 7.01. The number of thioether (sulfide) groups is 1. The van der Waals surface area contributed by atoms with E-state index in [1.807, 2.05) is 30.5 Å². The second-order valence-corrected chi connectivity index (χ2v) is 6.79. The summed E-state index contributed by atoms with van der Waals surface area (Å²) < 4.78 is 0.435. The lowest BCUT2D eigenvalue weighted by Gasteiger charge is -2.13. The van der Waals surface area contributed by atoms with Gasteiger partial charge in [-0.3, -0.25) is 14.5 Å². The van der Waals surface area contributed by atoms with Crippen LogP contribution in [-0.4, -0.2) is 34.1 Å². The lowest BCUT2D eigenvalue weighted by Crippen LogP contribution is -2.39. The first-order chi connectivity index (χ1) is 9.61. The molecule has 1 aliphatic heterocycles. The van der Waals surface area contributed by atoms with Gasteiger partial charge in [-0.15, -0.1) is 11.3 Å². The number of amides is 2. The highest BCUT2D eigenvalue weighted by atomic mass is 32.2. The SMILES string of the molecule is CCCNC(=O)CN1C(=O)C(=Cc2cccs2)SC1=S. The van der Waals surface area contributed by atoms with Crippen LogP contribution in [0.4, 0.5) is 0 Å². The summed E-state index contributed by atoms with van der Waals surface area (Å²) in [6, 6.07) is 3.86. The number of rotatable bonds is 5. The van der Waals surface area contributed by atoms with Gasteiger partial charge in [0.15, 0.2) is 0 Å². The van der Waals surface area contributed by atoms with Crippen LogP contribution < -0.4 is 5.32 Å². The highest BCUT2D eigenvalue weighted by Crippen LogP contribution is 2.32. The fourth-order valence-electron chi connectivity index (χ4n) is 1.60. The van der Waals surface area contributed by atoms with Gasteiger partial charge in [-0.2, -0.15) is 0 Å². The fourth-order valence-corrected chi connectivity index (χ4v) is 3.58. The standard InChI is InChI=1S/C13H14N2O2S3/c1-2-5-14-11(16)8-15-12(17)10(20-13(15)18)7-9-4-3-6-19-9/h3-4,6-7H,2,5,8H2,1H3,(H,14,16). The maximum Gasteiger partial charge on any atom is 0.266 e. The molecule has 1 fully saturated rings. The van der Waals surface area contributed by atoms with Gasteiger partial charge < -0.3 is 5.32 Å². The number of carbonyl (C=O) groups excluding carboxylic acids is 2. The van der Waals surface area contributed by atoms with Gasteiger partial charge in [0.2, 0.25) is 5.91 Å². The van der Waals surface area contributed by atoms with Crippen LogP contribution in [0.3, 0.4) is 0 Å². The van der Waals surface area contributed by atoms with Crippen molar-refractivity contribution in [3.8, 4) is 0 Å². The minimum Gasteiger partial charge on any atom is -0.355 e. The van der Waals surface area contributed by atoms with Crippen LogP contribution in [0.2, 0.25) is 0 Å². The number of nitrogens with zero attached hydrogens (tertiary/aromatic N) is 1. The van der Waals surface area contributed by atoms with Gasteiger partial charge >= 0.3 is 0 Å². The molecule has 1 aromatic heterocycles. The van der Waals surface area contributed by atoms with Crippen LogP contribution in [0.25, 0.3) is 6.08 Å². The molecule has 0 saturated carbocycles. The molecular weight excluding hydrogens is 312 g/mol. The maximum absolute atomic E-state index is 12.2. The first kappa shape index (κ1) is 15.2. The number of hydrogen-bond acceptors (Lipinski definition) is 5. The van der Waals surface area contributed by atoms with Crippen molar-refractivity contribution in [1.29, 1.82) is 0 Å². The Morgan fingerprint density at radius 1 is 1.55 bits per heavy atom. The van der Waals surface area contributed by atoms with Crippen LogP contribution >= 0.6 is 35.3 Å². The van der Waals surface area contributed by atoms with E-state index in [4.69, 9.17) is 12.2 Å². The van der Waals surface area contributed by atoms with E-state index in [-0.39, 0.29) is 18.4 Å². The van der Waals surface area contributed by atoms with Crippen LogP contribution in [0.15, 0.2) is 22.4 Å². The first-order valence-corrected chi connectivity index (χ1v) is 8.28. The summed E-state index contributed by atoms with van der Waals surface area (Å²) in [4.78, 5) is 26.8. The van der Waals surface area contributed by atoms with Gasteiger partial charge in [0.05, 0.1) is 4.91 Å². The van der Waals surface area contributed by atoms with E-state index in [2.05, 4.69) is 5.32 Å². The fraction of sp³-hybridized carbons (Fsp3) is 0.308. The molecule has 2 rings (SSSR count). The van der Waals surface area contributed by atoms with Crippen LogP contribution in [0.5, 0.6) is 0 Å². The van der Waals surface area contributed by atoms with Crippen molar-refractivity contribution in [2.24, 2.45) is 0 Å². The van der Waals surface area contributed by atoms with E-state index in [1.54, 1.807) is 11.3 Å². The largest absolute Gasteiger partial charge is 0.355 e. The minimum absolute atomic E-state index is 0.00749. The quantitative estimate of drug-likeness (QED) is 0.667. The molecule has 20 heavy (non-hydrogen) atoms. The summed E-state index contributed by atoms with van der Waals surface area (Å²) in [6.45, 7) is 2.58. The zero-order valence-electron chi connectivity index (χ0n) is 10.9. The Labute approximate surface area is 131 Å². The van der Waals surface area contributed by atoms with Crippen molar-refractivity contribution in [2.45, 2.75) is 13.3 Å². The molecule has 0 atom stereocenters. The average Bonchev–Trinajstić information content (AvgIpc) is 3.01. The summed E-state index contributed by atoms with van der Waals surface area (Å²) in [5.74, 6) is -0.374. The minimum atomic E-state index is -0.194. The van der Waals surface area contributed by atoms with Crippen LogP contribution in [0, 0.1) is 0 Å². The smallest absolute Gasteiger partial charge is 0.266 e. The third-order valence-corrected chi connectivity index (χ3v) is 4.76. The Kier molecular flexibility index (Phi) is 5.33. The summed E-state index contributed by atoms with van der Waals surface area (Å²) in [5, 5.41) is 4.69. The van der Waals surface area contributed by atoms with Gasteiger partial charge in [0.25, 0.3) is 5.91 Å². The Hall–Kier alpha value is -1.18. The molecule has 7 heteroatoms. The molecule has 0 unspecified atom stereocenters. The predicted molar refractivity (Wildman–Crippen MR) is 87.5 cm³/mol. The predicted octanol–water partition coefficient (Wildman–Crippen LogP) is 2.48. The van der Waals surface area contributed by atoms with E-state index in [0.717, 1.165) is 11.3 Å². The molecule has 1 aliphatic rings. The van der Waals surface area contributed by atoms with Crippen molar-refractivity contribution < 1.29 is 9.59 Å². The molecule has 1 aromatic rings. The lowest BCUT2D eigenvalue weighted by atomic mass is 10.3. The summed E-state index contributed by atoms with van der Waals surface area (Å²) in [5.41, 5.74) is 0. The third kappa shape index (κ3) is 3.68. The molecule has 4 nitrogen and oxygen atoms in total. The van der Waals surface area contributed by atoms with E-state index < -0.39 is 0 Å². The Morgan fingerprint density at radius 3 is 3.00 bits per heavy atom. The average molecular weight is 326 g/mol. The summed E-state index contributed by atoms with van der Waals surface area (Å²) in [6.07, 6.45) is 2.68. The molecule has 0 spiro atoms. The van der Waals surface area contributed by atoms with E-state index in [9.17, 15) is 9.59 Å². The highest BCUT2D eigenvalue weighted by Gasteiger charge is 2.33. The molecule has 2 amide bonds. The normalized spacial score (nSPS) is 17.1. The molecule has 0 bridgehead atoms. The summed E-state index contributed by atoms with van der Waals surface area (Å²) in [7, 11) is 0. The van der Waals surface area contributed by atoms with Gasteiger partial charge in [-0.05, 0) is 23.9 Å². The molecule has 0 radical (unpaired) electrons. The number of thiocarbonyl (C=S) groups is 1. The van der Waals surface area contributed by atoms with Crippen LogP contribution in [-0.2, 0) is 9.59 Å². The Balaban J connectivity index is 2.04. The monoisotopic (exact) mass is 326 g/mol. The van der Waals surface area contributed by atoms with Crippen molar-refractivity contribution in [1.82, 2.24) is 10.2 Å². The van der Waals surface area contributed by atoms with Crippen LogP contribution in [0.1, 0.15) is 18.2 Å². The molecule has 0 aromatic carbocycles. The second-order valence-electron chi connectivity index (χ2n) is 4.13. The van der Waals surface area contributed by atoms with Crippen molar-refractivity contribution >= 4 is 57.5 Å². The van der Waals surface area contributed by atoms with E-state index >= 15 is 0 Å². The topological polar surface area (TPSA) is 49.4 Å². The molecular formula is C13H14N2O2S3. The van der Waals surface area contributed by atoms with Gasteiger partial charge in [-0.25, -0.2) is 0 Å². The van der Waals surface area contributed by atoms with E-state index in [1.165, 1.54) is 16.7 Å². The lowest BCUT2D eigenvalue weighted by molar-refractivity contribution is -0.128. The number of hydrogen-bond donors (Lipinski definition) is 1. The van der Waals surface area contributed by atoms with Crippen molar-refractivity contribution in [3.05, 3.63) is 27.3 Å². The molecule has 0 aliphatic carbocycles.